The van der Waals surface area contributed by atoms with Crippen LogP contribution in [-0.4, -0.2) is 13.9 Å². The van der Waals surface area contributed by atoms with Crippen molar-refractivity contribution in [3.05, 3.63) is 65.7 Å². The molecule has 3 nitrogen and oxygen atoms in total. The van der Waals surface area contributed by atoms with Crippen molar-refractivity contribution >= 4 is 11.0 Å². The lowest BCUT2D eigenvalue weighted by Crippen LogP contribution is -2.20. The lowest BCUT2D eigenvalue weighted by atomic mass is 10.00. The fourth-order valence-corrected chi connectivity index (χ4v) is 3.33. The van der Waals surface area contributed by atoms with Gasteiger partial charge in [-0.05, 0) is 17.2 Å². The summed E-state index contributed by atoms with van der Waals surface area (Å²) in [5.74, 6) is 0. The van der Waals surface area contributed by atoms with Crippen molar-refractivity contribution in [2.75, 3.05) is 0 Å². The standard InChI is InChI=1S/C13H11NO2S/c15-14-13(10-6-2-1-3-7-10)11-8-4-5-9-12(11)17(14)16/h1-9,13,15H/t13-,17?/m0/s1. The predicted molar refractivity (Wildman–Crippen MR) is 64.8 cm³/mol. The second-order valence-electron chi connectivity index (χ2n) is 3.90. The van der Waals surface area contributed by atoms with E-state index in [0.29, 0.717) is 4.90 Å². The summed E-state index contributed by atoms with van der Waals surface area (Å²) < 4.78 is 12.9. The van der Waals surface area contributed by atoms with Gasteiger partial charge in [-0.2, -0.15) is 0 Å². The van der Waals surface area contributed by atoms with Crippen LogP contribution in [0.3, 0.4) is 0 Å². The van der Waals surface area contributed by atoms with Crippen LogP contribution < -0.4 is 0 Å². The Morgan fingerprint density at radius 2 is 1.65 bits per heavy atom. The molecule has 0 bridgehead atoms. The number of hydrogen-bond donors (Lipinski definition) is 1. The van der Waals surface area contributed by atoms with Gasteiger partial charge in [-0.3, -0.25) is 0 Å². The molecule has 0 spiro atoms. The van der Waals surface area contributed by atoms with Crippen LogP contribution in [0.4, 0.5) is 0 Å². The number of benzene rings is 2. The third-order valence-electron chi connectivity index (χ3n) is 2.91. The number of fused-ring (bicyclic) bond motifs is 1. The van der Waals surface area contributed by atoms with Crippen LogP contribution in [0.25, 0.3) is 0 Å². The van der Waals surface area contributed by atoms with E-state index in [1.807, 2.05) is 48.5 Å². The molecule has 2 aromatic rings. The van der Waals surface area contributed by atoms with Gasteiger partial charge in [-0.15, -0.1) is 0 Å². The zero-order valence-corrected chi connectivity index (χ0v) is 9.80. The second kappa shape index (κ2) is 4.07. The predicted octanol–water partition coefficient (Wildman–Crippen LogP) is 2.50. The zero-order valence-electron chi connectivity index (χ0n) is 8.98. The summed E-state index contributed by atoms with van der Waals surface area (Å²) in [7, 11) is -1.48. The molecule has 2 atom stereocenters. The lowest BCUT2D eigenvalue weighted by molar-refractivity contribution is -0.0121. The van der Waals surface area contributed by atoms with E-state index in [1.54, 1.807) is 6.07 Å². The maximum Gasteiger partial charge on any atom is 0.152 e. The molecule has 3 rings (SSSR count). The Balaban J connectivity index is 2.16. The van der Waals surface area contributed by atoms with Gasteiger partial charge in [0.05, 0.1) is 4.90 Å². The summed E-state index contributed by atoms with van der Waals surface area (Å²) in [5, 5.41) is 9.97. The molecule has 0 fully saturated rings. The van der Waals surface area contributed by atoms with Crippen molar-refractivity contribution in [3.8, 4) is 0 Å². The minimum Gasteiger partial charge on any atom is -0.300 e. The molecule has 1 aliphatic heterocycles. The van der Waals surface area contributed by atoms with Crippen molar-refractivity contribution < 1.29 is 9.42 Å². The average Bonchev–Trinajstić information content (AvgIpc) is 2.64. The normalized spacial score (nSPS) is 23.6. The van der Waals surface area contributed by atoms with Gasteiger partial charge in [0.1, 0.15) is 6.04 Å². The highest BCUT2D eigenvalue weighted by Crippen LogP contribution is 2.39. The minimum atomic E-state index is -1.48. The fraction of sp³-hybridized carbons (Fsp3) is 0.0769. The highest BCUT2D eigenvalue weighted by molar-refractivity contribution is 7.82. The maximum atomic E-state index is 12.0. The quantitative estimate of drug-likeness (QED) is 0.838. The second-order valence-corrected chi connectivity index (χ2v) is 5.21. The van der Waals surface area contributed by atoms with E-state index in [-0.39, 0.29) is 6.04 Å². The SMILES string of the molecule is O=S1c2ccccc2[C@H](c2ccccc2)N1O. The smallest absolute Gasteiger partial charge is 0.152 e. The first-order chi connectivity index (χ1) is 8.29. The van der Waals surface area contributed by atoms with E-state index < -0.39 is 11.0 Å². The summed E-state index contributed by atoms with van der Waals surface area (Å²) in [5.41, 5.74) is 1.84. The van der Waals surface area contributed by atoms with Gasteiger partial charge in [0.15, 0.2) is 11.0 Å². The van der Waals surface area contributed by atoms with Crippen LogP contribution in [0.1, 0.15) is 17.2 Å². The van der Waals surface area contributed by atoms with Crippen LogP contribution in [0, 0.1) is 0 Å². The fourth-order valence-electron chi connectivity index (χ4n) is 2.12. The Morgan fingerprint density at radius 1 is 1.00 bits per heavy atom. The van der Waals surface area contributed by atoms with Gasteiger partial charge in [0.2, 0.25) is 0 Å². The summed E-state index contributed by atoms with van der Waals surface area (Å²) >= 11 is 0. The molecule has 1 unspecified atom stereocenters. The zero-order chi connectivity index (χ0) is 11.8. The molecule has 1 aliphatic rings. The van der Waals surface area contributed by atoms with E-state index in [9.17, 15) is 9.42 Å². The molecule has 4 heteroatoms. The molecule has 2 aromatic carbocycles. The molecule has 17 heavy (non-hydrogen) atoms. The first-order valence-electron chi connectivity index (χ1n) is 5.33. The van der Waals surface area contributed by atoms with Crippen LogP contribution in [0.2, 0.25) is 0 Å². The van der Waals surface area contributed by atoms with Crippen molar-refractivity contribution in [2.24, 2.45) is 0 Å². The van der Waals surface area contributed by atoms with Gasteiger partial charge in [-0.25, -0.2) is 4.21 Å². The van der Waals surface area contributed by atoms with E-state index in [4.69, 9.17) is 0 Å². The molecule has 0 saturated carbocycles. The number of rotatable bonds is 1. The minimum absolute atomic E-state index is 0.340. The van der Waals surface area contributed by atoms with Crippen molar-refractivity contribution in [1.82, 2.24) is 4.47 Å². The van der Waals surface area contributed by atoms with Crippen molar-refractivity contribution in [2.45, 2.75) is 10.9 Å². The summed E-state index contributed by atoms with van der Waals surface area (Å²) in [4.78, 5) is 0.684. The Kier molecular flexibility index (Phi) is 2.55. The largest absolute Gasteiger partial charge is 0.300 e. The molecule has 86 valence electrons. The van der Waals surface area contributed by atoms with E-state index in [1.165, 1.54) is 0 Å². The molecule has 0 saturated heterocycles. The molecular weight excluding hydrogens is 234 g/mol. The molecule has 0 aliphatic carbocycles. The summed E-state index contributed by atoms with van der Waals surface area (Å²) in [6, 6.07) is 16.7. The molecule has 1 heterocycles. The molecule has 0 aromatic heterocycles. The van der Waals surface area contributed by atoms with Crippen molar-refractivity contribution in [1.29, 1.82) is 0 Å². The van der Waals surface area contributed by atoms with Gasteiger partial charge in [0, 0.05) is 0 Å². The molecule has 0 radical (unpaired) electrons. The van der Waals surface area contributed by atoms with Gasteiger partial charge in [0.25, 0.3) is 0 Å². The monoisotopic (exact) mass is 245 g/mol. The third kappa shape index (κ3) is 1.61. The highest BCUT2D eigenvalue weighted by Gasteiger charge is 2.36. The third-order valence-corrected chi connectivity index (χ3v) is 4.21. The highest BCUT2D eigenvalue weighted by atomic mass is 32.2. The van der Waals surface area contributed by atoms with Gasteiger partial charge in [-0.1, -0.05) is 53.0 Å². The van der Waals surface area contributed by atoms with Crippen molar-refractivity contribution in [3.63, 3.8) is 0 Å². The Bertz CT molecular complexity index is 571. The Labute approximate surface area is 102 Å². The van der Waals surface area contributed by atoms with E-state index in [2.05, 4.69) is 0 Å². The Morgan fingerprint density at radius 3 is 2.41 bits per heavy atom. The summed E-state index contributed by atoms with van der Waals surface area (Å²) in [6.45, 7) is 0. The number of hydroxylamine groups is 1. The first kappa shape index (κ1) is 10.7. The van der Waals surface area contributed by atoms with E-state index >= 15 is 0 Å². The van der Waals surface area contributed by atoms with Crippen LogP contribution in [-0.2, 0) is 11.0 Å². The Hall–Kier alpha value is -1.49. The van der Waals surface area contributed by atoms with Crippen LogP contribution >= 0.6 is 0 Å². The maximum absolute atomic E-state index is 12.0. The van der Waals surface area contributed by atoms with E-state index in [0.717, 1.165) is 15.6 Å². The number of hydrogen-bond acceptors (Lipinski definition) is 2. The topological polar surface area (TPSA) is 40.5 Å². The molecule has 0 amide bonds. The average molecular weight is 245 g/mol. The van der Waals surface area contributed by atoms with Crippen LogP contribution in [0.5, 0.6) is 0 Å². The molecule has 1 N–H and O–H groups in total. The van der Waals surface area contributed by atoms with Crippen LogP contribution in [0.15, 0.2) is 59.5 Å². The lowest BCUT2D eigenvalue weighted by Gasteiger charge is -2.16. The molecular formula is C13H11NO2S. The summed E-state index contributed by atoms with van der Waals surface area (Å²) in [6.07, 6.45) is 0. The van der Waals surface area contributed by atoms with Gasteiger partial charge >= 0.3 is 0 Å². The number of nitrogens with zero attached hydrogens (tertiary/aromatic N) is 1. The van der Waals surface area contributed by atoms with Gasteiger partial charge < -0.3 is 5.21 Å². The first-order valence-corrected chi connectivity index (χ1v) is 6.43.